The fourth-order valence-electron chi connectivity index (χ4n) is 3.28. The molecule has 3 aromatic carbocycles. The summed E-state index contributed by atoms with van der Waals surface area (Å²) in [5.74, 6) is 1.21. The maximum Gasteiger partial charge on any atom is 0.242 e. The first-order valence-electron chi connectivity index (χ1n) is 9.78. The summed E-state index contributed by atoms with van der Waals surface area (Å²) >= 11 is 1.37. The minimum absolute atomic E-state index is 0.155. The van der Waals surface area contributed by atoms with Crippen LogP contribution in [0.4, 0.5) is 5.69 Å². The summed E-state index contributed by atoms with van der Waals surface area (Å²) in [7, 11) is 3.22. The first kappa shape index (κ1) is 20.8. The number of aryl methyl sites for hydroxylation is 1. The van der Waals surface area contributed by atoms with Crippen molar-refractivity contribution in [2.45, 2.75) is 17.3 Å². The zero-order valence-corrected chi connectivity index (χ0v) is 18.3. The van der Waals surface area contributed by atoms with Gasteiger partial charge in [-0.3, -0.25) is 4.79 Å². The van der Waals surface area contributed by atoms with Crippen molar-refractivity contribution in [1.82, 2.24) is 9.97 Å². The lowest BCUT2D eigenvalue weighted by Crippen LogP contribution is -2.19. The zero-order valence-electron chi connectivity index (χ0n) is 17.5. The molecule has 1 amide bonds. The van der Waals surface area contributed by atoms with Crippen LogP contribution < -0.4 is 14.8 Å². The van der Waals surface area contributed by atoms with Crippen molar-refractivity contribution >= 4 is 34.4 Å². The maximum atomic E-state index is 13.4. The smallest absolute Gasteiger partial charge is 0.242 e. The summed E-state index contributed by atoms with van der Waals surface area (Å²) in [6.07, 6.45) is 0. The molecular weight excluding hydrogens is 410 g/mol. The second-order valence-electron chi connectivity index (χ2n) is 7.03. The molecule has 0 aliphatic rings. The van der Waals surface area contributed by atoms with E-state index in [1.807, 2.05) is 73.7 Å². The monoisotopic (exact) mass is 433 g/mol. The normalized spacial score (nSPS) is 11.8. The van der Waals surface area contributed by atoms with Crippen molar-refractivity contribution in [3.63, 3.8) is 0 Å². The highest BCUT2D eigenvalue weighted by Crippen LogP contribution is 2.37. The number of aromatic nitrogens is 2. The molecule has 158 valence electrons. The molecule has 4 aromatic rings. The van der Waals surface area contributed by atoms with Crippen LogP contribution in [0.1, 0.15) is 16.4 Å². The molecule has 6 nitrogen and oxygen atoms in total. The van der Waals surface area contributed by atoms with E-state index in [0.717, 1.165) is 27.9 Å². The number of amides is 1. The number of anilines is 1. The number of aromatic amines is 1. The summed E-state index contributed by atoms with van der Waals surface area (Å²) < 4.78 is 10.7. The van der Waals surface area contributed by atoms with Crippen molar-refractivity contribution in [3.8, 4) is 11.5 Å². The molecule has 0 fully saturated rings. The highest BCUT2D eigenvalue weighted by atomic mass is 32.2. The number of carbonyl (C=O) groups is 1. The Hall–Kier alpha value is -3.45. The summed E-state index contributed by atoms with van der Waals surface area (Å²) in [4.78, 5) is 21.3. The Morgan fingerprint density at radius 1 is 1.03 bits per heavy atom. The van der Waals surface area contributed by atoms with Crippen molar-refractivity contribution in [3.05, 3.63) is 77.9 Å². The standard InChI is InChI=1S/C24H23N3O3S/c1-15-9-12-21(30-3)20(13-15)25-23(28)22(16-7-5-4-6-8-16)31-24-26-18-11-10-17(29-2)14-19(18)27-24/h4-14,22H,1-3H3,(H,25,28)(H,26,27)/t22-/m1/s1. The number of nitrogens with zero attached hydrogens (tertiary/aromatic N) is 1. The van der Waals surface area contributed by atoms with Crippen molar-refractivity contribution < 1.29 is 14.3 Å². The Labute approximate surface area is 185 Å². The van der Waals surface area contributed by atoms with Gasteiger partial charge in [-0.05, 0) is 42.3 Å². The van der Waals surface area contributed by atoms with Gasteiger partial charge in [-0.25, -0.2) is 4.98 Å². The van der Waals surface area contributed by atoms with Gasteiger partial charge in [-0.15, -0.1) is 0 Å². The molecule has 0 saturated carbocycles. The number of hydrogen-bond acceptors (Lipinski definition) is 5. The fourth-order valence-corrected chi connectivity index (χ4v) is 4.28. The summed E-state index contributed by atoms with van der Waals surface area (Å²) in [6, 6.07) is 21.0. The molecule has 0 bridgehead atoms. The van der Waals surface area contributed by atoms with E-state index in [-0.39, 0.29) is 5.91 Å². The lowest BCUT2D eigenvalue weighted by Gasteiger charge is -2.17. The highest BCUT2D eigenvalue weighted by molar-refractivity contribution is 8.00. The number of imidazole rings is 1. The number of ether oxygens (including phenoxy) is 2. The number of nitrogens with one attached hydrogen (secondary N) is 2. The largest absolute Gasteiger partial charge is 0.497 e. The van der Waals surface area contributed by atoms with E-state index in [2.05, 4.69) is 15.3 Å². The van der Waals surface area contributed by atoms with Gasteiger partial charge in [0.2, 0.25) is 5.91 Å². The van der Waals surface area contributed by atoms with Gasteiger partial charge in [0, 0.05) is 6.07 Å². The minimum Gasteiger partial charge on any atom is -0.497 e. The zero-order chi connectivity index (χ0) is 21.8. The van der Waals surface area contributed by atoms with E-state index in [9.17, 15) is 4.79 Å². The second-order valence-corrected chi connectivity index (χ2v) is 8.12. The van der Waals surface area contributed by atoms with Gasteiger partial charge in [0.15, 0.2) is 5.16 Å². The van der Waals surface area contributed by atoms with Crippen LogP contribution in [0.15, 0.2) is 71.9 Å². The molecule has 0 spiro atoms. The number of carbonyl (C=O) groups excluding carboxylic acids is 1. The van der Waals surface area contributed by atoms with Crippen LogP contribution in [-0.4, -0.2) is 30.1 Å². The molecule has 0 saturated heterocycles. The first-order valence-corrected chi connectivity index (χ1v) is 10.7. The Bertz CT molecular complexity index is 1210. The van der Waals surface area contributed by atoms with Gasteiger partial charge in [0.1, 0.15) is 16.7 Å². The number of benzene rings is 3. The molecule has 0 aliphatic heterocycles. The van der Waals surface area contributed by atoms with Crippen LogP contribution in [-0.2, 0) is 4.79 Å². The molecule has 0 radical (unpaired) electrons. The summed E-state index contributed by atoms with van der Waals surface area (Å²) in [5.41, 5.74) is 4.23. The van der Waals surface area contributed by atoms with Crippen molar-refractivity contribution in [1.29, 1.82) is 0 Å². The highest BCUT2D eigenvalue weighted by Gasteiger charge is 2.24. The van der Waals surface area contributed by atoms with E-state index in [1.165, 1.54) is 11.8 Å². The number of hydrogen-bond donors (Lipinski definition) is 2. The van der Waals surface area contributed by atoms with Crippen LogP contribution in [0, 0.1) is 6.92 Å². The number of fused-ring (bicyclic) bond motifs is 1. The van der Waals surface area contributed by atoms with Gasteiger partial charge in [0.25, 0.3) is 0 Å². The van der Waals surface area contributed by atoms with Gasteiger partial charge >= 0.3 is 0 Å². The van der Waals surface area contributed by atoms with Crippen LogP contribution >= 0.6 is 11.8 Å². The van der Waals surface area contributed by atoms with E-state index < -0.39 is 5.25 Å². The molecule has 31 heavy (non-hydrogen) atoms. The summed E-state index contributed by atoms with van der Waals surface area (Å²) in [6.45, 7) is 1.97. The van der Waals surface area contributed by atoms with Crippen LogP contribution in [0.25, 0.3) is 11.0 Å². The molecule has 4 rings (SSSR count). The lowest BCUT2D eigenvalue weighted by molar-refractivity contribution is -0.115. The van der Waals surface area contributed by atoms with Gasteiger partial charge in [-0.1, -0.05) is 48.2 Å². The van der Waals surface area contributed by atoms with Crippen LogP contribution in [0.2, 0.25) is 0 Å². The predicted octanol–water partition coefficient (Wildman–Crippen LogP) is 5.36. The van der Waals surface area contributed by atoms with Gasteiger partial charge in [-0.2, -0.15) is 0 Å². The third-order valence-electron chi connectivity index (χ3n) is 4.85. The molecule has 7 heteroatoms. The molecule has 1 atom stereocenters. The fraction of sp³-hybridized carbons (Fsp3) is 0.167. The Morgan fingerprint density at radius 3 is 2.58 bits per heavy atom. The lowest BCUT2D eigenvalue weighted by atomic mass is 10.1. The number of methoxy groups -OCH3 is 2. The Balaban J connectivity index is 1.65. The number of H-pyrrole nitrogens is 1. The van der Waals surface area contributed by atoms with E-state index in [1.54, 1.807) is 14.2 Å². The molecule has 0 unspecified atom stereocenters. The molecule has 1 aromatic heterocycles. The molecule has 2 N–H and O–H groups in total. The second kappa shape index (κ2) is 9.14. The SMILES string of the molecule is COc1ccc2nc(S[C@@H](C(=O)Nc3cc(C)ccc3OC)c3ccccc3)[nH]c2c1. The maximum absolute atomic E-state index is 13.4. The molecule has 1 heterocycles. The first-order chi connectivity index (χ1) is 15.1. The number of rotatable bonds is 7. The average molecular weight is 434 g/mol. The van der Waals surface area contributed by atoms with Crippen LogP contribution in [0.3, 0.4) is 0 Å². The minimum atomic E-state index is -0.506. The van der Waals surface area contributed by atoms with Gasteiger partial charge in [0.05, 0.1) is 30.9 Å². The van der Waals surface area contributed by atoms with Gasteiger partial charge < -0.3 is 19.8 Å². The van der Waals surface area contributed by atoms with Crippen molar-refractivity contribution in [2.75, 3.05) is 19.5 Å². The topological polar surface area (TPSA) is 76.2 Å². The molecular formula is C24H23N3O3S. The quantitative estimate of drug-likeness (QED) is 0.384. The third kappa shape index (κ3) is 4.67. The third-order valence-corrected chi connectivity index (χ3v) is 5.99. The van der Waals surface area contributed by atoms with E-state index in [0.29, 0.717) is 16.6 Å². The van der Waals surface area contributed by atoms with Crippen molar-refractivity contribution in [2.24, 2.45) is 0 Å². The van der Waals surface area contributed by atoms with Crippen LogP contribution in [0.5, 0.6) is 11.5 Å². The van der Waals surface area contributed by atoms with E-state index in [4.69, 9.17) is 9.47 Å². The Kier molecular flexibility index (Phi) is 6.13. The van der Waals surface area contributed by atoms with E-state index >= 15 is 0 Å². The predicted molar refractivity (Wildman–Crippen MR) is 124 cm³/mol. The average Bonchev–Trinajstić information content (AvgIpc) is 3.20. The summed E-state index contributed by atoms with van der Waals surface area (Å²) in [5, 5.41) is 3.18. The molecule has 0 aliphatic carbocycles. The number of thioether (sulfide) groups is 1. The Morgan fingerprint density at radius 2 is 1.84 bits per heavy atom.